The molecule has 4 nitrogen and oxygen atoms in total. The number of carbonyl (C=O) groups is 1. The number of benzene rings is 1. The maximum Gasteiger partial charge on any atom is 0.573 e. The molecule has 126 valence electrons. The van der Waals surface area contributed by atoms with Crippen LogP contribution in [0, 0.1) is 0 Å². The molecule has 2 rings (SSSR count). The van der Waals surface area contributed by atoms with Crippen LogP contribution >= 0.6 is 0 Å². The molecule has 1 aliphatic carbocycles. The zero-order valence-corrected chi connectivity index (χ0v) is 12.6. The number of urea groups is 1. The fourth-order valence-corrected chi connectivity index (χ4v) is 2.42. The number of halogens is 3. The largest absolute Gasteiger partial charge is 0.573 e. The van der Waals surface area contributed by atoms with E-state index in [0.29, 0.717) is 6.54 Å². The van der Waals surface area contributed by atoms with Crippen molar-refractivity contribution in [2.24, 2.45) is 0 Å². The van der Waals surface area contributed by atoms with E-state index in [9.17, 15) is 18.0 Å². The molecular formula is C16H19F3N2O2. The van der Waals surface area contributed by atoms with E-state index in [0.717, 1.165) is 25.3 Å². The number of hydrogen-bond acceptors (Lipinski definition) is 2. The SMILES string of the molecule is O=C(NCCC1=CCCCC1)Nc1ccccc1OC(F)(F)F. The number of ether oxygens (including phenoxy) is 1. The molecule has 0 heterocycles. The highest BCUT2D eigenvalue weighted by Gasteiger charge is 2.32. The fourth-order valence-electron chi connectivity index (χ4n) is 2.42. The number of carbonyl (C=O) groups excluding carboxylic acids is 1. The molecule has 0 bridgehead atoms. The van der Waals surface area contributed by atoms with E-state index < -0.39 is 18.1 Å². The molecule has 1 aromatic carbocycles. The molecule has 0 saturated carbocycles. The van der Waals surface area contributed by atoms with E-state index in [1.807, 2.05) is 0 Å². The summed E-state index contributed by atoms with van der Waals surface area (Å²) in [5, 5.41) is 5.02. The Bertz CT molecular complexity index is 571. The number of hydrogen-bond donors (Lipinski definition) is 2. The van der Waals surface area contributed by atoms with Gasteiger partial charge in [-0.15, -0.1) is 13.2 Å². The maximum absolute atomic E-state index is 12.3. The lowest BCUT2D eigenvalue weighted by Crippen LogP contribution is -2.30. The summed E-state index contributed by atoms with van der Waals surface area (Å²) in [5.41, 5.74) is 1.29. The fraction of sp³-hybridized carbons (Fsp3) is 0.438. The number of para-hydroxylation sites is 2. The summed E-state index contributed by atoms with van der Waals surface area (Å²) in [6.07, 6.45) is 2.63. The number of amides is 2. The van der Waals surface area contributed by atoms with Gasteiger partial charge < -0.3 is 15.4 Å². The minimum absolute atomic E-state index is 0.0285. The molecule has 0 fully saturated rings. The molecule has 1 aliphatic rings. The van der Waals surface area contributed by atoms with Crippen LogP contribution in [0.4, 0.5) is 23.7 Å². The number of alkyl halides is 3. The number of rotatable bonds is 5. The Morgan fingerprint density at radius 3 is 2.70 bits per heavy atom. The summed E-state index contributed by atoms with van der Waals surface area (Å²) in [6, 6.07) is 4.87. The lowest BCUT2D eigenvalue weighted by atomic mass is 9.97. The van der Waals surface area contributed by atoms with Crippen molar-refractivity contribution in [1.29, 1.82) is 0 Å². The van der Waals surface area contributed by atoms with Crippen molar-refractivity contribution in [3.05, 3.63) is 35.9 Å². The highest BCUT2D eigenvalue weighted by Crippen LogP contribution is 2.29. The van der Waals surface area contributed by atoms with Gasteiger partial charge in [-0.3, -0.25) is 0 Å². The summed E-state index contributed by atoms with van der Waals surface area (Å²) < 4.78 is 40.8. The topological polar surface area (TPSA) is 50.4 Å². The van der Waals surface area contributed by atoms with Crippen molar-refractivity contribution in [3.8, 4) is 5.75 Å². The van der Waals surface area contributed by atoms with Crippen LogP contribution in [0.3, 0.4) is 0 Å². The first kappa shape index (κ1) is 17.2. The van der Waals surface area contributed by atoms with E-state index >= 15 is 0 Å². The molecule has 0 radical (unpaired) electrons. The molecule has 1 aromatic rings. The van der Waals surface area contributed by atoms with Gasteiger partial charge in [0, 0.05) is 6.54 Å². The molecular weight excluding hydrogens is 309 g/mol. The summed E-state index contributed by atoms with van der Waals surface area (Å²) >= 11 is 0. The third kappa shape index (κ3) is 6.22. The number of anilines is 1. The first-order valence-corrected chi connectivity index (χ1v) is 7.51. The molecule has 0 saturated heterocycles. The highest BCUT2D eigenvalue weighted by atomic mass is 19.4. The van der Waals surface area contributed by atoms with Crippen LogP contribution in [0.2, 0.25) is 0 Å². The van der Waals surface area contributed by atoms with E-state index in [1.165, 1.54) is 36.6 Å². The second-order valence-electron chi connectivity index (χ2n) is 5.28. The summed E-state index contributed by atoms with van der Waals surface area (Å²) in [6.45, 7) is 0.444. The summed E-state index contributed by atoms with van der Waals surface area (Å²) in [7, 11) is 0. The Morgan fingerprint density at radius 1 is 1.22 bits per heavy atom. The van der Waals surface area contributed by atoms with Crippen molar-refractivity contribution in [1.82, 2.24) is 5.32 Å². The predicted octanol–water partition coefficient (Wildman–Crippen LogP) is 4.60. The standard InChI is InChI=1S/C16H19F3N2O2/c17-16(18,19)23-14-9-5-4-8-13(14)21-15(22)20-11-10-12-6-2-1-3-7-12/h4-6,8-9H,1-3,7,10-11H2,(H2,20,21,22). The van der Waals surface area contributed by atoms with Crippen LogP contribution in [-0.4, -0.2) is 18.9 Å². The molecule has 0 spiro atoms. The zero-order valence-electron chi connectivity index (χ0n) is 12.6. The van der Waals surface area contributed by atoms with Gasteiger partial charge in [-0.25, -0.2) is 4.79 Å². The molecule has 0 aliphatic heterocycles. The van der Waals surface area contributed by atoms with Crippen molar-refractivity contribution >= 4 is 11.7 Å². The monoisotopic (exact) mass is 328 g/mol. The second-order valence-corrected chi connectivity index (χ2v) is 5.28. The third-order valence-corrected chi connectivity index (χ3v) is 3.48. The Morgan fingerprint density at radius 2 is 2.00 bits per heavy atom. The minimum Gasteiger partial charge on any atom is -0.404 e. The average molecular weight is 328 g/mol. The minimum atomic E-state index is -4.80. The van der Waals surface area contributed by atoms with Gasteiger partial charge in [0.05, 0.1) is 5.69 Å². The van der Waals surface area contributed by atoms with Gasteiger partial charge in [0.15, 0.2) is 5.75 Å². The van der Waals surface area contributed by atoms with Gasteiger partial charge in [-0.2, -0.15) is 0 Å². The van der Waals surface area contributed by atoms with Gasteiger partial charge in [0.25, 0.3) is 0 Å². The maximum atomic E-state index is 12.3. The summed E-state index contributed by atoms with van der Waals surface area (Å²) in [4.78, 5) is 11.8. The van der Waals surface area contributed by atoms with Gasteiger partial charge in [0.1, 0.15) is 0 Å². The van der Waals surface area contributed by atoms with E-state index in [1.54, 1.807) is 0 Å². The van der Waals surface area contributed by atoms with E-state index in [2.05, 4.69) is 21.4 Å². The van der Waals surface area contributed by atoms with Gasteiger partial charge in [-0.1, -0.05) is 23.8 Å². The quantitative estimate of drug-likeness (QED) is 0.776. The molecule has 2 N–H and O–H groups in total. The first-order valence-electron chi connectivity index (χ1n) is 7.51. The number of allylic oxidation sites excluding steroid dienone is 1. The Hall–Kier alpha value is -2.18. The van der Waals surface area contributed by atoms with Crippen molar-refractivity contribution in [3.63, 3.8) is 0 Å². The van der Waals surface area contributed by atoms with Crippen LogP contribution in [0.25, 0.3) is 0 Å². The van der Waals surface area contributed by atoms with Gasteiger partial charge in [0.2, 0.25) is 0 Å². The van der Waals surface area contributed by atoms with Crippen molar-refractivity contribution in [2.45, 2.75) is 38.5 Å². The van der Waals surface area contributed by atoms with Gasteiger partial charge >= 0.3 is 12.4 Å². The highest BCUT2D eigenvalue weighted by molar-refractivity contribution is 5.90. The lowest BCUT2D eigenvalue weighted by Gasteiger charge is -2.15. The Balaban J connectivity index is 1.84. The number of nitrogens with one attached hydrogen (secondary N) is 2. The van der Waals surface area contributed by atoms with Crippen LogP contribution in [-0.2, 0) is 0 Å². The summed E-state index contributed by atoms with van der Waals surface area (Å²) in [5.74, 6) is -0.440. The van der Waals surface area contributed by atoms with Crippen molar-refractivity contribution < 1.29 is 22.7 Å². The Kier molecular flexibility index (Phi) is 5.90. The van der Waals surface area contributed by atoms with Crippen LogP contribution in [0.15, 0.2) is 35.9 Å². The van der Waals surface area contributed by atoms with Crippen LogP contribution in [0.5, 0.6) is 5.75 Å². The predicted molar refractivity (Wildman–Crippen MR) is 81.3 cm³/mol. The molecule has 0 unspecified atom stereocenters. The average Bonchev–Trinajstić information content (AvgIpc) is 2.49. The second kappa shape index (κ2) is 7.89. The third-order valence-electron chi connectivity index (χ3n) is 3.48. The smallest absolute Gasteiger partial charge is 0.404 e. The zero-order chi connectivity index (χ0) is 16.7. The Labute approximate surface area is 132 Å². The molecule has 2 amide bonds. The molecule has 23 heavy (non-hydrogen) atoms. The lowest BCUT2D eigenvalue weighted by molar-refractivity contribution is -0.274. The molecule has 0 atom stereocenters. The van der Waals surface area contributed by atoms with Crippen molar-refractivity contribution in [2.75, 3.05) is 11.9 Å². The molecule has 7 heteroatoms. The normalized spacial score (nSPS) is 14.8. The van der Waals surface area contributed by atoms with Crippen LogP contribution in [0.1, 0.15) is 32.1 Å². The molecule has 0 aromatic heterocycles. The van der Waals surface area contributed by atoms with Crippen LogP contribution < -0.4 is 15.4 Å². The van der Waals surface area contributed by atoms with E-state index in [-0.39, 0.29) is 5.69 Å². The van der Waals surface area contributed by atoms with E-state index in [4.69, 9.17) is 0 Å². The van der Waals surface area contributed by atoms with Gasteiger partial charge in [-0.05, 0) is 44.2 Å². The first-order chi connectivity index (χ1) is 10.9.